The minimum Gasteiger partial charge on any atom is -0.479 e. The second kappa shape index (κ2) is 6.93. The normalized spacial score (nSPS) is 15.6. The molecule has 1 unspecified atom stereocenters. The molecular weight excluding hydrogens is 224 g/mol. The van der Waals surface area contributed by atoms with Crippen molar-refractivity contribution < 1.29 is 24.1 Å². The highest BCUT2D eigenvalue weighted by Crippen LogP contribution is 2.26. The van der Waals surface area contributed by atoms with Crippen molar-refractivity contribution in [2.75, 3.05) is 26.9 Å². The molecule has 102 valence electrons. The highest BCUT2D eigenvalue weighted by Gasteiger charge is 2.40. The molecule has 0 saturated heterocycles. The van der Waals surface area contributed by atoms with Crippen LogP contribution in [-0.4, -0.2) is 49.2 Å². The predicted octanol–water partition coefficient (Wildman–Crippen LogP) is 1.70. The molecule has 17 heavy (non-hydrogen) atoms. The van der Waals surface area contributed by atoms with Crippen LogP contribution in [-0.2, 0) is 19.0 Å². The lowest BCUT2D eigenvalue weighted by Gasteiger charge is -2.33. The molecule has 0 aliphatic carbocycles. The van der Waals surface area contributed by atoms with Crippen LogP contribution < -0.4 is 0 Å². The number of hydrogen-bond donors (Lipinski definition) is 1. The van der Waals surface area contributed by atoms with E-state index < -0.39 is 17.2 Å². The zero-order valence-corrected chi connectivity index (χ0v) is 11.4. The summed E-state index contributed by atoms with van der Waals surface area (Å²) in [6.07, 6.45) is 0.276. The van der Waals surface area contributed by atoms with Crippen molar-refractivity contribution in [3.63, 3.8) is 0 Å². The zero-order chi connectivity index (χ0) is 13.5. The lowest BCUT2D eigenvalue weighted by atomic mass is 9.90. The van der Waals surface area contributed by atoms with Gasteiger partial charge in [-0.05, 0) is 27.7 Å². The van der Waals surface area contributed by atoms with Gasteiger partial charge in [0.25, 0.3) is 0 Å². The zero-order valence-electron chi connectivity index (χ0n) is 11.4. The van der Waals surface area contributed by atoms with E-state index in [0.717, 1.165) is 0 Å². The second-order valence-electron chi connectivity index (χ2n) is 4.72. The molecule has 1 atom stereocenters. The van der Waals surface area contributed by atoms with Crippen LogP contribution in [0.5, 0.6) is 0 Å². The number of aliphatic carboxylic acids is 1. The third kappa shape index (κ3) is 6.00. The summed E-state index contributed by atoms with van der Waals surface area (Å²) in [7, 11) is 1.56. The Hall–Kier alpha value is -0.650. The van der Waals surface area contributed by atoms with E-state index in [2.05, 4.69) is 0 Å². The molecule has 0 amide bonds. The predicted molar refractivity (Wildman–Crippen MR) is 64.2 cm³/mol. The quantitative estimate of drug-likeness (QED) is 0.629. The van der Waals surface area contributed by atoms with Gasteiger partial charge in [-0.1, -0.05) is 0 Å². The molecule has 0 rings (SSSR count). The van der Waals surface area contributed by atoms with E-state index in [9.17, 15) is 9.90 Å². The molecule has 0 fully saturated rings. The number of ether oxygens (including phenoxy) is 3. The largest absolute Gasteiger partial charge is 0.479 e. The minimum atomic E-state index is -1.25. The monoisotopic (exact) mass is 248 g/mol. The Morgan fingerprint density at radius 2 is 1.82 bits per heavy atom. The van der Waals surface area contributed by atoms with Crippen LogP contribution in [0.2, 0.25) is 0 Å². The fourth-order valence-corrected chi connectivity index (χ4v) is 1.54. The highest BCUT2D eigenvalue weighted by molar-refractivity contribution is 5.77. The minimum absolute atomic E-state index is 0.260. The molecule has 0 heterocycles. The summed E-state index contributed by atoms with van der Waals surface area (Å²) in [5, 5.41) is 9.23. The summed E-state index contributed by atoms with van der Waals surface area (Å²) in [5.41, 5.74) is -1.80. The number of rotatable bonds is 9. The van der Waals surface area contributed by atoms with Crippen molar-refractivity contribution >= 4 is 5.97 Å². The van der Waals surface area contributed by atoms with Gasteiger partial charge in [0, 0.05) is 20.1 Å². The lowest BCUT2D eigenvalue weighted by Crippen LogP contribution is -2.45. The van der Waals surface area contributed by atoms with E-state index in [1.807, 2.05) is 20.8 Å². The standard InChI is InChI=1S/C12H24O5/c1-6-16-7-8-17-12(4,10(13)14)9-11(2,3)15-5/h6-9H2,1-5H3,(H,13,14). The van der Waals surface area contributed by atoms with E-state index in [1.54, 1.807) is 14.0 Å². The van der Waals surface area contributed by atoms with Gasteiger partial charge in [-0.2, -0.15) is 0 Å². The third-order valence-electron chi connectivity index (χ3n) is 2.62. The summed E-state index contributed by atoms with van der Waals surface area (Å²) in [6.45, 7) is 8.35. The van der Waals surface area contributed by atoms with Crippen molar-refractivity contribution in [2.24, 2.45) is 0 Å². The van der Waals surface area contributed by atoms with E-state index >= 15 is 0 Å². The van der Waals surface area contributed by atoms with Gasteiger partial charge in [-0.15, -0.1) is 0 Å². The molecule has 5 heteroatoms. The van der Waals surface area contributed by atoms with E-state index in [1.165, 1.54) is 0 Å². The molecule has 0 aliphatic heterocycles. The van der Waals surface area contributed by atoms with Crippen LogP contribution in [0.3, 0.4) is 0 Å². The summed E-state index contributed by atoms with van der Waals surface area (Å²) < 4.78 is 15.8. The van der Waals surface area contributed by atoms with Gasteiger partial charge >= 0.3 is 5.97 Å². The number of carbonyl (C=O) groups is 1. The van der Waals surface area contributed by atoms with Crippen molar-refractivity contribution in [1.82, 2.24) is 0 Å². The number of carboxylic acid groups (broad SMARTS) is 1. The Morgan fingerprint density at radius 3 is 2.24 bits per heavy atom. The number of carboxylic acids is 1. The molecule has 0 radical (unpaired) electrons. The summed E-state index contributed by atoms with van der Waals surface area (Å²) in [4.78, 5) is 11.3. The van der Waals surface area contributed by atoms with Crippen LogP contribution in [0.25, 0.3) is 0 Å². The Kier molecular flexibility index (Phi) is 6.67. The van der Waals surface area contributed by atoms with Crippen molar-refractivity contribution in [2.45, 2.75) is 45.3 Å². The fourth-order valence-electron chi connectivity index (χ4n) is 1.54. The Balaban J connectivity index is 4.41. The van der Waals surface area contributed by atoms with Crippen molar-refractivity contribution in [3.8, 4) is 0 Å². The van der Waals surface area contributed by atoms with E-state index in [0.29, 0.717) is 13.2 Å². The molecule has 0 aromatic heterocycles. The van der Waals surface area contributed by atoms with Gasteiger partial charge in [0.1, 0.15) is 0 Å². The Labute approximate surface area is 103 Å². The SMILES string of the molecule is CCOCCOC(C)(CC(C)(C)OC)C(=O)O. The molecule has 5 nitrogen and oxygen atoms in total. The summed E-state index contributed by atoms with van der Waals surface area (Å²) in [6, 6.07) is 0. The first-order valence-electron chi connectivity index (χ1n) is 5.77. The summed E-state index contributed by atoms with van der Waals surface area (Å²) >= 11 is 0. The molecule has 0 aromatic rings. The number of hydrogen-bond acceptors (Lipinski definition) is 4. The van der Waals surface area contributed by atoms with Gasteiger partial charge in [-0.25, -0.2) is 4.79 Å². The third-order valence-corrected chi connectivity index (χ3v) is 2.62. The smallest absolute Gasteiger partial charge is 0.335 e. The van der Waals surface area contributed by atoms with E-state index in [-0.39, 0.29) is 13.0 Å². The first kappa shape index (κ1) is 16.4. The molecule has 0 bridgehead atoms. The average molecular weight is 248 g/mol. The molecular formula is C12H24O5. The van der Waals surface area contributed by atoms with Crippen LogP contribution in [0.1, 0.15) is 34.1 Å². The first-order chi connectivity index (χ1) is 7.77. The maximum atomic E-state index is 11.3. The first-order valence-corrected chi connectivity index (χ1v) is 5.77. The molecule has 0 spiro atoms. The van der Waals surface area contributed by atoms with Gasteiger partial charge in [0.15, 0.2) is 5.60 Å². The van der Waals surface area contributed by atoms with Crippen LogP contribution in [0, 0.1) is 0 Å². The van der Waals surface area contributed by atoms with Gasteiger partial charge in [0.2, 0.25) is 0 Å². The average Bonchev–Trinajstić information content (AvgIpc) is 2.24. The van der Waals surface area contributed by atoms with Crippen LogP contribution in [0.15, 0.2) is 0 Å². The molecule has 0 aliphatic rings. The molecule has 0 saturated carbocycles. The van der Waals surface area contributed by atoms with Gasteiger partial charge < -0.3 is 19.3 Å². The van der Waals surface area contributed by atoms with E-state index in [4.69, 9.17) is 14.2 Å². The fraction of sp³-hybridized carbons (Fsp3) is 0.917. The van der Waals surface area contributed by atoms with Gasteiger partial charge in [-0.3, -0.25) is 0 Å². The van der Waals surface area contributed by atoms with Crippen LogP contribution >= 0.6 is 0 Å². The van der Waals surface area contributed by atoms with Crippen molar-refractivity contribution in [3.05, 3.63) is 0 Å². The molecule has 1 N–H and O–H groups in total. The van der Waals surface area contributed by atoms with Crippen LogP contribution in [0.4, 0.5) is 0 Å². The Bertz CT molecular complexity index is 239. The second-order valence-corrected chi connectivity index (χ2v) is 4.72. The Morgan fingerprint density at radius 1 is 1.24 bits per heavy atom. The number of methoxy groups -OCH3 is 1. The topological polar surface area (TPSA) is 65.0 Å². The maximum Gasteiger partial charge on any atom is 0.335 e. The maximum absolute atomic E-state index is 11.3. The highest BCUT2D eigenvalue weighted by atomic mass is 16.6. The molecule has 0 aromatic carbocycles. The lowest BCUT2D eigenvalue weighted by molar-refractivity contribution is -0.174. The van der Waals surface area contributed by atoms with Gasteiger partial charge in [0.05, 0.1) is 18.8 Å². The van der Waals surface area contributed by atoms with Crippen molar-refractivity contribution in [1.29, 1.82) is 0 Å². The summed E-state index contributed by atoms with van der Waals surface area (Å²) in [5.74, 6) is -0.987.